The highest BCUT2D eigenvalue weighted by Crippen LogP contribution is 2.36. The first-order valence-electron chi connectivity index (χ1n) is 7.31. The minimum absolute atomic E-state index is 0.0419. The molecule has 0 unspecified atom stereocenters. The van der Waals surface area contributed by atoms with Crippen molar-refractivity contribution >= 4 is 38.3 Å². The van der Waals surface area contributed by atoms with E-state index in [0.717, 1.165) is 12.5 Å². The average Bonchev–Trinajstić information content (AvgIpc) is 2.55. The fourth-order valence-corrected chi connectivity index (χ4v) is 5.34. The van der Waals surface area contributed by atoms with Gasteiger partial charge in [0.1, 0.15) is 0 Å². The molecule has 1 saturated heterocycles. The number of benzene rings is 1. The quantitative estimate of drug-likeness (QED) is 0.720. The second-order valence-corrected chi connectivity index (χ2v) is 10.8. The number of hydrogen-bond acceptors (Lipinski definition) is 6. The zero-order valence-corrected chi connectivity index (χ0v) is 16.2. The van der Waals surface area contributed by atoms with Crippen molar-refractivity contribution in [2.45, 2.75) is 38.9 Å². The summed E-state index contributed by atoms with van der Waals surface area (Å²) in [5.74, 6) is 0. The van der Waals surface area contributed by atoms with Gasteiger partial charge in [0.25, 0.3) is 0 Å². The average molecular weight is 375 g/mol. The summed E-state index contributed by atoms with van der Waals surface area (Å²) in [6.45, 7) is 7.71. The molecule has 10 heteroatoms. The van der Waals surface area contributed by atoms with E-state index in [2.05, 4.69) is 0 Å². The Kier molecular flexibility index (Phi) is 4.58. The van der Waals surface area contributed by atoms with Gasteiger partial charge in [0.05, 0.1) is 29.4 Å². The lowest BCUT2D eigenvalue weighted by molar-refractivity contribution is 0.00578. The molecule has 0 bridgehead atoms. The minimum atomic E-state index is -3.96. The number of anilines is 1. The first-order valence-corrected chi connectivity index (χ1v) is 11.0. The van der Waals surface area contributed by atoms with Gasteiger partial charge >= 0.3 is 7.12 Å². The Morgan fingerprint density at radius 3 is 1.54 bits per heavy atom. The highest BCUT2D eigenvalue weighted by Gasteiger charge is 2.51. The van der Waals surface area contributed by atoms with Crippen molar-refractivity contribution in [2.24, 2.45) is 0 Å². The molecule has 0 atom stereocenters. The van der Waals surface area contributed by atoms with Gasteiger partial charge in [-0.1, -0.05) is 12.1 Å². The van der Waals surface area contributed by atoms with Crippen LogP contribution in [-0.2, 0) is 29.4 Å². The third-order valence-electron chi connectivity index (χ3n) is 4.23. The van der Waals surface area contributed by atoms with Crippen molar-refractivity contribution in [1.82, 2.24) is 0 Å². The summed E-state index contributed by atoms with van der Waals surface area (Å²) in [6.07, 6.45) is 1.69. The van der Waals surface area contributed by atoms with Gasteiger partial charge in [-0.2, -0.15) is 3.71 Å². The van der Waals surface area contributed by atoms with E-state index in [9.17, 15) is 16.8 Å². The van der Waals surface area contributed by atoms with Crippen molar-refractivity contribution < 1.29 is 26.1 Å². The lowest BCUT2D eigenvalue weighted by Gasteiger charge is -2.32. The number of nitrogens with zero attached hydrogens (tertiary/aromatic N) is 1. The zero-order valence-electron chi connectivity index (χ0n) is 14.6. The molecule has 1 aromatic carbocycles. The molecule has 1 aliphatic heterocycles. The highest BCUT2D eigenvalue weighted by atomic mass is 32.3. The van der Waals surface area contributed by atoms with Crippen molar-refractivity contribution in [1.29, 1.82) is 0 Å². The maximum atomic E-state index is 11.8. The van der Waals surface area contributed by atoms with E-state index in [1.807, 2.05) is 27.7 Å². The van der Waals surface area contributed by atoms with Crippen molar-refractivity contribution in [3.05, 3.63) is 24.3 Å². The number of sulfonamides is 2. The van der Waals surface area contributed by atoms with Crippen LogP contribution in [0, 0.1) is 0 Å². The van der Waals surface area contributed by atoms with Gasteiger partial charge in [-0.15, -0.1) is 0 Å². The van der Waals surface area contributed by atoms with E-state index in [-0.39, 0.29) is 5.69 Å². The number of hydrogen-bond donors (Lipinski definition) is 0. The van der Waals surface area contributed by atoms with Crippen LogP contribution < -0.4 is 9.17 Å². The van der Waals surface area contributed by atoms with E-state index >= 15 is 0 Å². The maximum Gasteiger partial charge on any atom is 0.494 e. The van der Waals surface area contributed by atoms with Gasteiger partial charge in [-0.25, -0.2) is 16.8 Å². The highest BCUT2D eigenvalue weighted by molar-refractivity contribution is 8.09. The minimum Gasteiger partial charge on any atom is -0.399 e. The predicted octanol–water partition coefficient (Wildman–Crippen LogP) is 0.711. The summed E-state index contributed by atoms with van der Waals surface area (Å²) in [5, 5.41) is 0. The predicted molar refractivity (Wildman–Crippen MR) is 94.3 cm³/mol. The third kappa shape index (κ3) is 3.61. The van der Waals surface area contributed by atoms with Crippen LogP contribution in [0.3, 0.4) is 0 Å². The molecular weight excluding hydrogens is 353 g/mol. The summed E-state index contributed by atoms with van der Waals surface area (Å²) < 4.78 is 59.4. The first-order chi connectivity index (χ1) is 10.7. The molecule has 0 radical (unpaired) electrons. The SMILES string of the molecule is CC1(C)OB(c2ccc(N(S(C)(=O)=O)S(C)(=O)=O)cc2)OC1(C)C. The van der Waals surface area contributed by atoms with Crippen LogP contribution in [0.5, 0.6) is 0 Å². The van der Waals surface area contributed by atoms with Crippen molar-refractivity contribution in [2.75, 3.05) is 16.2 Å². The van der Waals surface area contributed by atoms with Crippen LogP contribution in [0.4, 0.5) is 5.69 Å². The lowest BCUT2D eigenvalue weighted by atomic mass is 9.79. The Morgan fingerprint density at radius 2 is 1.21 bits per heavy atom. The fourth-order valence-electron chi connectivity index (χ4n) is 2.36. The zero-order chi connectivity index (χ0) is 18.6. The molecular formula is C14H22BNO6S2. The molecule has 7 nitrogen and oxygen atoms in total. The summed E-state index contributed by atoms with van der Waals surface area (Å²) in [6, 6.07) is 6.03. The Morgan fingerprint density at radius 1 is 0.833 bits per heavy atom. The Balaban J connectivity index is 2.36. The van der Waals surface area contributed by atoms with Crippen LogP contribution in [-0.4, -0.2) is 47.7 Å². The van der Waals surface area contributed by atoms with E-state index in [1.165, 1.54) is 12.1 Å². The molecule has 134 valence electrons. The van der Waals surface area contributed by atoms with Crippen LogP contribution in [0.1, 0.15) is 27.7 Å². The molecule has 0 amide bonds. The Hall–Kier alpha value is -1.10. The number of rotatable bonds is 4. The van der Waals surface area contributed by atoms with Gasteiger partial charge in [-0.05, 0) is 45.3 Å². The van der Waals surface area contributed by atoms with Crippen LogP contribution >= 0.6 is 0 Å². The Labute approximate surface area is 144 Å². The molecule has 0 saturated carbocycles. The second kappa shape index (κ2) is 5.72. The van der Waals surface area contributed by atoms with Gasteiger partial charge in [-0.3, -0.25) is 0 Å². The van der Waals surface area contributed by atoms with Crippen LogP contribution in [0.15, 0.2) is 24.3 Å². The molecule has 0 aromatic heterocycles. The van der Waals surface area contributed by atoms with Crippen LogP contribution in [0.25, 0.3) is 0 Å². The van der Waals surface area contributed by atoms with Gasteiger partial charge < -0.3 is 9.31 Å². The maximum absolute atomic E-state index is 11.8. The van der Waals surface area contributed by atoms with Crippen LogP contribution in [0.2, 0.25) is 0 Å². The molecule has 0 spiro atoms. The fraction of sp³-hybridized carbons (Fsp3) is 0.571. The molecule has 0 N–H and O–H groups in total. The van der Waals surface area contributed by atoms with E-state index in [4.69, 9.17) is 9.31 Å². The third-order valence-corrected chi connectivity index (χ3v) is 7.48. The van der Waals surface area contributed by atoms with Crippen molar-refractivity contribution in [3.63, 3.8) is 0 Å². The van der Waals surface area contributed by atoms with E-state index in [0.29, 0.717) is 9.17 Å². The topological polar surface area (TPSA) is 90.0 Å². The molecule has 1 aliphatic rings. The van der Waals surface area contributed by atoms with Gasteiger partial charge in [0.15, 0.2) is 0 Å². The summed E-state index contributed by atoms with van der Waals surface area (Å²) in [5.41, 5.74) is -0.274. The molecule has 1 fully saturated rings. The lowest BCUT2D eigenvalue weighted by Crippen LogP contribution is -2.41. The van der Waals surface area contributed by atoms with Crippen molar-refractivity contribution in [3.8, 4) is 0 Å². The Bertz CT molecular complexity index is 783. The standard InChI is InChI=1S/C14H22BNO6S2/c1-13(2)14(3,4)22-15(21-13)11-7-9-12(10-8-11)16(23(5,17)18)24(6,19)20/h7-10H,1-6H3. The molecule has 0 aliphatic carbocycles. The largest absolute Gasteiger partial charge is 0.494 e. The first kappa shape index (κ1) is 19.2. The summed E-state index contributed by atoms with van der Waals surface area (Å²) in [7, 11) is -8.53. The van der Waals surface area contributed by atoms with E-state index in [1.54, 1.807) is 12.1 Å². The molecule has 1 aromatic rings. The monoisotopic (exact) mass is 375 g/mol. The van der Waals surface area contributed by atoms with E-state index < -0.39 is 38.4 Å². The summed E-state index contributed by atoms with van der Waals surface area (Å²) in [4.78, 5) is 0. The van der Waals surface area contributed by atoms with Gasteiger partial charge in [0, 0.05) is 0 Å². The molecule has 2 rings (SSSR count). The normalized spacial score (nSPS) is 20.2. The second-order valence-electron chi connectivity index (χ2n) is 6.90. The smallest absolute Gasteiger partial charge is 0.399 e. The summed E-state index contributed by atoms with van der Waals surface area (Å²) >= 11 is 0. The van der Waals surface area contributed by atoms with Gasteiger partial charge in [0.2, 0.25) is 20.0 Å². The molecule has 24 heavy (non-hydrogen) atoms. The molecule has 1 heterocycles.